The number of rotatable bonds is 8. The summed E-state index contributed by atoms with van der Waals surface area (Å²) in [5.41, 5.74) is 0.915. The number of fused-ring (bicyclic) bond motifs is 1. The van der Waals surface area contributed by atoms with Crippen molar-refractivity contribution in [3.8, 4) is 0 Å². The average molecular weight is 391 g/mol. The first kappa shape index (κ1) is 20.1. The quantitative estimate of drug-likeness (QED) is 0.333. The van der Waals surface area contributed by atoms with Gasteiger partial charge in [-0.2, -0.15) is 0 Å². The van der Waals surface area contributed by atoms with Crippen molar-refractivity contribution < 1.29 is 9.36 Å². The van der Waals surface area contributed by atoms with Crippen molar-refractivity contribution in [3.05, 3.63) is 97.9 Å². The van der Waals surface area contributed by atoms with Crippen LogP contribution in [-0.4, -0.2) is 22.8 Å². The Kier molecular flexibility index (Phi) is 5.86. The van der Waals surface area contributed by atoms with E-state index in [1.54, 1.807) is 29.1 Å². The van der Waals surface area contributed by atoms with Crippen molar-refractivity contribution in [2.75, 3.05) is 12.3 Å². The maximum atomic E-state index is 14.2. The van der Waals surface area contributed by atoms with Crippen LogP contribution < -0.4 is 0 Å². The van der Waals surface area contributed by atoms with Crippen LogP contribution >= 0.6 is 7.14 Å². The van der Waals surface area contributed by atoms with E-state index in [4.69, 9.17) is 0 Å². The standard InChI is InChI=1S/C24H26NO2P/c1-4-16-28(27,17-5-2)24(3,19-23(26)25-14-8-9-15-25)22-13-12-20-10-6-7-11-21(20)18-22/h4-15,18H,1-2,16-17,19H2,3H3/t24-/m1/s1. The second kappa shape index (κ2) is 8.16. The number of aromatic nitrogens is 1. The minimum atomic E-state index is -2.87. The van der Waals surface area contributed by atoms with Crippen LogP contribution in [0.4, 0.5) is 0 Å². The monoisotopic (exact) mass is 391 g/mol. The van der Waals surface area contributed by atoms with Crippen molar-refractivity contribution in [2.45, 2.75) is 18.5 Å². The molecule has 3 nitrogen and oxygen atoms in total. The van der Waals surface area contributed by atoms with Gasteiger partial charge in [-0.05, 0) is 35.4 Å². The molecule has 0 aliphatic rings. The molecule has 0 unspecified atom stereocenters. The third kappa shape index (κ3) is 3.68. The van der Waals surface area contributed by atoms with E-state index < -0.39 is 12.3 Å². The SMILES string of the molecule is C=CCP(=O)(CC=C)[C@](C)(CC(=O)n1cccc1)c1ccc2ccccc2c1. The fourth-order valence-electron chi connectivity index (χ4n) is 3.79. The van der Waals surface area contributed by atoms with E-state index in [-0.39, 0.29) is 12.3 Å². The number of allylic oxidation sites excluding steroid dienone is 2. The predicted molar refractivity (Wildman–Crippen MR) is 119 cm³/mol. The maximum absolute atomic E-state index is 14.2. The minimum absolute atomic E-state index is 0.0750. The summed E-state index contributed by atoms with van der Waals surface area (Å²) in [6, 6.07) is 17.8. The molecule has 0 spiro atoms. The lowest BCUT2D eigenvalue weighted by Crippen LogP contribution is -2.30. The highest BCUT2D eigenvalue weighted by molar-refractivity contribution is 7.65. The summed E-state index contributed by atoms with van der Waals surface area (Å²) >= 11 is 0. The van der Waals surface area contributed by atoms with Crippen LogP contribution in [0.2, 0.25) is 0 Å². The summed E-state index contributed by atoms with van der Waals surface area (Å²) in [5, 5.41) is 1.37. The first-order chi connectivity index (χ1) is 13.4. The number of hydrogen-bond donors (Lipinski definition) is 0. The Morgan fingerprint density at radius 2 is 1.61 bits per heavy atom. The zero-order chi connectivity index (χ0) is 20.2. The summed E-state index contributed by atoms with van der Waals surface area (Å²) in [4.78, 5) is 13.0. The lowest BCUT2D eigenvalue weighted by molar-refractivity contribution is 0.0888. The van der Waals surface area contributed by atoms with Crippen molar-refractivity contribution in [1.82, 2.24) is 4.57 Å². The third-order valence-corrected chi connectivity index (χ3v) is 9.42. The van der Waals surface area contributed by atoms with Gasteiger partial charge in [-0.15, -0.1) is 13.2 Å². The Balaban J connectivity index is 2.16. The topological polar surface area (TPSA) is 39.1 Å². The zero-order valence-corrected chi connectivity index (χ0v) is 17.1. The minimum Gasteiger partial charge on any atom is -0.322 e. The first-order valence-corrected chi connectivity index (χ1v) is 11.5. The molecule has 1 heterocycles. The van der Waals surface area contributed by atoms with E-state index in [9.17, 15) is 9.36 Å². The van der Waals surface area contributed by atoms with E-state index in [1.165, 1.54) is 0 Å². The summed E-state index contributed by atoms with van der Waals surface area (Å²) < 4.78 is 15.7. The Morgan fingerprint density at radius 1 is 1.00 bits per heavy atom. The van der Waals surface area contributed by atoms with Crippen molar-refractivity contribution in [3.63, 3.8) is 0 Å². The molecule has 0 aliphatic carbocycles. The fraction of sp³-hybridized carbons (Fsp3) is 0.208. The molecule has 4 heteroatoms. The number of nitrogens with zero attached hydrogens (tertiary/aromatic N) is 1. The lowest BCUT2D eigenvalue weighted by Gasteiger charge is -2.37. The smallest absolute Gasteiger partial charge is 0.231 e. The Morgan fingerprint density at radius 3 is 2.21 bits per heavy atom. The van der Waals surface area contributed by atoms with Crippen LogP contribution in [0.25, 0.3) is 10.8 Å². The molecule has 28 heavy (non-hydrogen) atoms. The maximum Gasteiger partial charge on any atom is 0.231 e. The highest BCUT2D eigenvalue weighted by atomic mass is 31.2. The van der Waals surface area contributed by atoms with Crippen molar-refractivity contribution in [1.29, 1.82) is 0 Å². The largest absolute Gasteiger partial charge is 0.322 e. The van der Waals surface area contributed by atoms with Gasteiger partial charge in [-0.3, -0.25) is 9.36 Å². The Labute approximate surface area is 166 Å². The van der Waals surface area contributed by atoms with Crippen LogP contribution in [0.3, 0.4) is 0 Å². The fourth-order valence-corrected chi connectivity index (χ4v) is 6.61. The zero-order valence-electron chi connectivity index (χ0n) is 16.3. The molecule has 0 N–H and O–H groups in total. The lowest BCUT2D eigenvalue weighted by atomic mass is 9.93. The van der Waals surface area contributed by atoms with Gasteiger partial charge in [0.2, 0.25) is 5.91 Å². The van der Waals surface area contributed by atoms with Gasteiger partial charge in [0.1, 0.15) is 7.14 Å². The molecular formula is C24H26NO2P. The summed E-state index contributed by atoms with van der Waals surface area (Å²) in [5.74, 6) is -0.0750. The van der Waals surface area contributed by atoms with E-state index in [2.05, 4.69) is 25.3 Å². The molecule has 0 saturated heterocycles. The van der Waals surface area contributed by atoms with Crippen LogP contribution in [0.15, 0.2) is 92.3 Å². The van der Waals surface area contributed by atoms with Gasteiger partial charge in [-0.1, -0.05) is 54.6 Å². The molecule has 0 radical (unpaired) electrons. The number of benzene rings is 2. The average Bonchev–Trinajstić information content (AvgIpc) is 3.23. The van der Waals surface area contributed by atoms with Gasteiger partial charge in [0.15, 0.2) is 0 Å². The molecular weight excluding hydrogens is 365 g/mol. The highest BCUT2D eigenvalue weighted by Gasteiger charge is 2.45. The summed E-state index contributed by atoms with van der Waals surface area (Å²) in [6.07, 6.45) is 7.74. The normalized spacial score (nSPS) is 13.8. The van der Waals surface area contributed by atoms with Gasteiger partial charge in [0.25, 0.3) is 0 Å². The second-order valence-electron chi connectivity index (χ2n) is 7.33. The third-order valence-electron chi connectivity index (χ3n) is 5.51. The predicted octanol–water partition coefficient (Wildman–Crippen LogP) is 6.32. The van der Waals surface area contributed by atoms with Crippen molar-refractivity contribution in [2.24, 2.45) is 0 Å². The van der Waals surface area contributed by atoms with E-state index in [1.807, 2.05) is 49.4 Å². The molecule has 1 atom stereocenters. The molecule has 2 aromatic carbocycles. The number of carbonyl (C=O) groups excluding carboxylic acids is 1. The van der Waals surface area contributed by atoms with Gasteiger partial charge in [-0.25, -0.2) is 0 Å². The molecule has 3 rings (SSSR count). The number of carbonyl (C=O) groups is 1. The van der Waals surface area contributed by atoms with Gasteiger partial charge >= 0.3 is 0 Å². The van der Waals surface area contributed by atoms with Crippen LogP contribution in [-0.2, 0) is 9.72 Å². The molecule has 0 fully saturated rings. The molecule has 0 saturated carbocycles. The number of hydrogen-bond acceptors (Lipinski definition) is 2. The van der Waals surface area contributed by atoms with E-state index in [0.717, 1.165) is 16.3 Å². The molecule has 1 aromatic heterocycles. The van der Waals surface area contributed by atoms with Crippen LogP contribution in [0.5, 0.6) is 0 Å². The van der Waals surface area contributed by atoms with Gasteiger partial charge < -0.3 is 4.57 Å². The molecule has 0 aliphatic heterocycles. The van der Waals surface area contributed by atoms with Crippen LogP contribution in [0.1, 0.15) is 23.7 Å². The molecule has 3 aromatic rings. The van der Waals surface area contributed by atoms with Gasteiger partial charge in [0, 0.05) is 31.1 Å². The molecule has 144 valence electrons. The summed E-state index contributed by atoms with van der Waals surface area (Å²) in [6.45, 7) is 9.59. The molecule has 0 amide bonds. The van der Waals surface area contributed by atoms with E-state index >= 15 is 0 Å². The highest BCUT2D eigenvalue weighted by Crippen LogP contribution is 2.65. The second-order valence-corrected chi connectivity index (χ2v) is 10.8. The summed E-state index contributed by atoms with van der Waals surface area (Å²) in [7, 11) is -2.87. The van der Waals surface area contributed by atoms with E-state index in [0.29, 0.717) is 12.3 Å². The Hall–Kier alpha value is -2.64. The van der Waals surface area contributed by atoms with Crippen molar-refractivity contribution >= 4 is 23.8 Å². The van der Waals surface area contributed by atoms with Crippen LogP contribution in [0, 0.1) is 0 Å². The van der Waals surface area contributed by atoms with Gasteiger partial charge in [0.05, 0.1) is 5.16 Å². The first-order valence-electron chi connectivity index (χ1n) is 9.39. The Bertz CT molecular complexity index is 1040. The molecule has 0 bridgehead atoms.